The van der Waals surface area contributed by atoms with Crippen LogP contribution in [0.1, 0.15) is 54.9 Å². The maximum Gasteiger partial charge on any atom is 0.153 e. The Hall–Kier alpha value is -3.61. The van der Waals surface area contributed by atoms with Gasteiger partial charge in [0.2, 0.25) is 0 Å². The van der Waals surface area contributed by atoms with Crippen LogP contribution < -0.4 is 9.64 Å². The van der Waals surface area contributed by atoms with Gasteiger partial charge < -0.3 is 14.6 Å². The summed E-state index contributed by atoms with van der Waals surface area (Å²) in [5.41, 5.74) is 7.47. The van der Waals surface area contributed by atoms with Gasteiger partial charge in [-0.3, -0.25) is 9.69 Å². The Morgan fingerprint density at radius 3 is 2.73 bits per heavy atom. The molecule has 1 spiro atoms. The third-order valence-electron chi connectivity index (χ3n) is 9.32. The number of piperazine rings is 1. The summed E-state index contributed by atoms with van der Waals surface area (Å²) in [6.45, 7) is 6.20. The lowest BCUT2D eigenvalue weighted by molar-refractivity contribution is 0.112. The zero-order chi connectivity index (χ0) is 28.0. The Morgan fingerprint density at radius 1 is 1.10 bits per heavy atom. The first-order valence-corrected chi connectivity index (χ1v) is 15.0. The highest BCUT2D eigenvalue weighted by molar-refractivity contribution is 6.30. The molecule has 2 aromatic heterocycles. The molecule has 1 N–H and O–H groups in total. The molecule has 0 amide bonds. The highest BCUT2D eigenvalue weighted by atomic mass is 35.5. The number of pyridine rings is 1. The number of ether oxygens (including phenoxy) is 1. The van der Waals surface area contributed by atoms with E-state index in [1.807, 2.05) is 48.7 Å². The summed E-state index contributed by atoms with van der Waals surface area (Å²) in [7, 11) is 0. The average Bonchev–Trinajstić information content (AvgIpc) is 3.56. The quantitative estimate of drug-likeness (QED) is 0.232. The van der Waals surface area contributed by atoms with Crippen LogP contribution in [0, 0.1) is 5.41 Å². The van der Waals surface area contributed by atoms with E-state index in [4.69, 9.17) is 16.3 Å². The van der Waals surface area contributed by atoms with Crippen molar-refractivity contribution < 1.29 is 9.53 Å². The first-order valence-electron chi connectivity index (χ1n) is 14.6. The van der Waals surface area contributed by atoms with E-state index in [1.165, 1.54) is 43.2 Å². The third-order valence-corrected chi connectivity index (χ3v) is 9.57. The monoisotopic (exact) mass is 566 g/mol. The molecule has 3 heterocycles. The van der Waals surface area contributed by atoms with Crippen molar-refractivity contribution in [2.24, 2.45) is 5.41 Å². The summed E-state index contributed by atoms with van der Waals surface area (Å²) in [5.74, 6) is 1.17. The molecule has 3 aliphatic rings. The van der Waals surface area contributed by atoms with Crippen LogP contribution >= 0.6 is 11.6 Å². The number of H-pyrrole nitrogens is 1. The summed E-state index contributed by atoms with van der Waals surface area (Å²) in [4.78, 5) is 24.4. The van der Waals surface area contributed by atoms with Gasteiger partial charge >= 0.3 is 0 Å². The molecule has 0 unspecified atom stereocenters. The van der Waals surface area contributed by atoms with Crippen molar-refractivity contribution in [3.8, 4) is 11.5 Å². The molecule has 1 saturated carbocycles. The number of nitrogens with one attached hydrogen (secondary N) is 1. The molecule has 1 saturated heterocycles. The molecule has 7 rings (SSSR count). The van der Waals surface area contributed by atoms with Crippen LogP contribution in [0.4, 0.5) is 5.69 Å². The van der Waals surface area contributed by atoms with Crippen molar-refractivity contribution >= 4 is 40.2 Å². The Kier molecular flexibility index (Phi) is 6.84. The first-order chi connectivity index (χ1) is 20.0. The zero-order valence-electron chi connectivity index (χ0n) is 23.4. The van der Waals surface area contributed by atoms with Gasteiger partial charge in [0.1, 0.15) is 17.1 Å². The number of hydrogen-bond donors (Lipinski definition) is 1. The number of carbonyl (C=O) groups excluding carboxylic acids is 1. The molecule has 2 aromatic carbocycles. The summed E-state index contributed by atoms with van der Waals surface area (Å²) in [5, 5.41) is 1.76. The Bertz CT molecular complexity index is 1620. The summed E-state index contributed by atoms with van der Waals surface area (Å²) in [6, 6.07) is 18.6. The van der Waals surface area contributed by atoms with Crippen molar-refractivity contribution in [2.45, 2.75) is 45.1 Å². The van der Waals surface area contributed by atoms with Crippen LogP contribution in [0.3, 0.4) is 0 Å². The van der Waals surface area contributed by atoms with Gasteiger partial charge in [-0.2, -0.15) is 0 Å². The molecule has 0 bridgehead atoms. The average molecular weight is 567 g/mol. The maximum atomic E-state index is 11.8. The summed E-state index contributed by atoms with van der Waals surface area (Å²) < 4.78 is 6.19. The molecule has 2 fully saturated rings. The number of aromatic amines is 1. The normalized spacial score (nSPS) is 20.5. The number of aromatic nitrogens is 2. The SMILES string of the molecule is C[C@@H]1CN(c2ccc(C=O)c(Oc3cnc4[nH]ccc4c3)c2)CCN1CC1=C(c2ccc(Cl)cc2)CCC2(CC2)C1. The molecule has 41 heavy (non-hydrogen) atoms. The second-order valence-corrected chi connectivity index (χ2v) is 12.5. The van der Waals surface area contributed by atoms with Gasteiger partial charge in [-0.15, -0.1) is 0 Å². The predicted molar refractivity (Wildman–Crippen MR) is 165 cm³/mol. The van der Waals surface area contributed by atoms with Gasteiger partial charge in [-0.05, 0) is 92.0 Å². The van der Waals surface area contributed by atoms with Crippen molar-refractivity contribution in [3.05, 3.63) is 88.7 Å². The minimum atomic E-state index is 0.398. The Balaban J connectivity index is 1.08. The molecule has 0 radical (unpaired) electrons. The van der Waals surface area contributed by atoms with Crippen LogP contribution in [0.25, 0.3) is 16.6 Å². The Labute approximate surface area is 246 Å². The highest BCUT2D eigenvalue weighted by Crippen LogP contribution is 2.58. The van der Waals surface area contributed by atoms with Crippen LogP contribution in [0.5, 0.6) is 11.5 Å². The van der Waals surface area contributed by atoms with Gasteiger partial charge in [0, 0.05) is 60.6 Å². The standard InChI is InChI=1S/C34H35ClN4O2/c1-23-20-39(29-7-4-26(22-40)32(17-29)41-30-16-25-9-13-36-33(25)37-19-30)15-14-38(23)21-27-18-34(11-12-34)10-8-31(27)24-2-5-28(35)6-3-24/h2-7,9,13,16-17,19,22-23H,8,10-12,14-15,18,20-21H2,1H3,(H,36,37)/t23-/m1/s1. The largest absolute Gasteiger partial charge is 0.455 e. The van der Waals surface area contributed by atoms with Gasteiger partial charge in [0.05, 0.1) is 11.8 Å². The van der Waals surface area contributed by atoms with Crippen molar-refractivity contribution in [1.29, 1.82) is 0 Å². The fourth-order valence-electron chi connectivity index (χ4n) is 6.69. The lowest BCUT2D eigenvalue weighted by atomic mass is 9.78. The third kappa shape index (κ3) is 5.39. The molecule has 1 aliphatic heterocycles. The van der Waals surface area contributed by atoms with Crippen molar-refractivity contribution in [2.75, 3.05) is 31.1 Å². The van der Waals surface area contributed by atoms with Gasteiger partial charge in [0.15, 0.2) is 6.29 Å². The van der Waals surface area contributed by atoms with E-state index in [-0.39, 0.29) is 0 Å². The van der Waals surface area contributed by atoms with Crippen molar-refractivity contribution in [3.63, 3.8) is 0 Å². The molecular weight excluding hydrogens is 532 g/mol. The van der Waals surface area contributed by atoms with Gasteiger partial charge in [-0.25, -0.2) is 4.98 Å². The Morgan fingerprint density at radius 2 is 1.95 bits per heavy atom. The van der Waals surface area contributed by atoms with E-state index in [9.17, 15) is 4.79 Å². The summed E-state index contributed by atoms with van der Waals surface area (Å²) in [6.07, 6.45) is 10.9. The number of halogens is 1. The van der Waals surface area contributed by atoms with Gasteiger partial charge in [0.25, 0.3) is 0 Å². The van der Waals surface area contributed by atoms with Gasteiger partial charge in [-0.1, -0.05) is 29.3 Å². The molecule has 2 aliphatic carbocycles. The molecule has 4 aromatic rings. The number of benzene rings is 2. The van der Waals surface area contributed by atoms with Crippen LogP contribution in [0.2, 0.25) is 5.02 Å². The molecular formula is C34H35ClN4O2. The van der Waals surface area contributed by atoms with Crippen LogP contribution in [0.15, 0.2) is 72.6 Å². The second-order valence-electron chi connectivity index (χ2n) is 12.1. The van der Waals surface area contributed by atoms with Crippen LogP contribution in [-0.4, -0.2) is 53.4 Å². The molecule has 6 nitrogen and oxygen atoms in total. The van der Waals surface area contributed by atoms with Crippen molar-refractivity contribution in [1.82, 2.24) is 14.9 Å². The highest BCUT2D eigenvalue weighted by Gasteiger charge is 2.45. The van der Waals surface area contributed by atoms with Crippen LogP contribution in [-0.2, 0) is 0 Å². The fraction of sp³-hybridized carbons (Fsp3) is 0.353. The number of hydrogen-bond acceptors (Lipinski definition) is 5. The molecule has 210 valence electrons. The van der Waals surface area contributed by atoms with E-state index in [0.717, 1.165) is 54.2 Å². The number of nitrogens with zero attached hydrogens (tertiary/aromatic N) is 3. The fourth-order valence-corrected chi connectivity index (χ4v) is 6.81. The van der Waals surface area contributed by atoms with E-state index >= 15 is 0 Å². The number of aldehydes is 1. The van der Waals surface area contributed by atoms with E-state index in [2.05, 4.69) is 38.8 Å². The van der Waals surface area contributed by atoms with E-state index in [0.29, 0.717) is 28.5 Å². The first kappa shape index (κ1) is 26.3. The minimum Gasteiger partial charge on any atom is -0.455 e. The maximum absolute atomic E-state index is 11.8. The predicted octanol–water partition coefficient (Wildman–Crippen LogP) is 7.75. The molecule has 1 atom stereocenters. The number of anilines is 1. The molecule has 7 heteroatoms. The summed E-state index contributed by atoms with van der Waals surface area (Å²) >= 11 is 6.21. The minimum absolute atomic E-state index is 0.398. The number of fused-ring (bicyclic) bond motifs is 1. The second kappa shape index (κ2) is 10.7. The smallest absolute Gasteiger partial charge is 0.153 e. The van der Waals surface area contributed by atoms with E-state index in [1.54, 1.807) is 11.8 Å². The number of rotatable bonds is 7. The topological polar surface area (TPSA) is 61.5 Å². The van der Waals surface area contributed by atoms with E-state index < -0.39 is 0 Å². The number of carbonyl (C=O) groups is 1. The zero-order valence-corrected chi connectivity index (χ0v) is 24.2. The number of allylic oxidation sites excluding steroid dienone is 1. The lowest BCUT2D eigenvalue weighted by Crippen LogP contribution is -2.52. The lowest BCUT2D eigenvalue weighted by Gasteiger charge is -2.42.